The Bertz CT molecular complexity index is 577. The lowest BCUT2D eigenvalue weighted by Gasteiger charge is -2.33. The summed E-state index contributed by atoms with van der Waals surface area (Å²) in [5.41, 5.74) is 0.882. The molecule has 5 nitrogen and oxygen atoms in total. The van der Waals surface area contributed by atoms with Gasteiger partial charge >= 0.3 is 0 Å². The fraction of sp³-hybridized carbons (Fsp3) is 0.778. The number of hydrogen-bond donors (Lipinski definition) is 3. The molecule has 3 rings (SSSR count). The van der Waals surface area contributed by atoms with Gasteiger partial charge < -0.3 is 15.5 Å². The van der Waals surface area contributed by atoms with Crippen molar-refractivity contribution in [2.24, 2.45) is 11.8 Å². The smallest absolute Gasteiger partial charge is 0.248 e. The quantitative estimate of drug-likeness (QED) is 0.751. The maximum absolute atomic E-state index is 13.4. The van der Waals surface area contributed by atoms with E-state index in [1.54, 1.807) is 6.20 Å². The molecule has 7 heteroatoms. The molecule has 1 aromatic rings. The van der Waals surface area contributed by atoms with Crippen LogP contribution in [0.1, 0.15) is 43.6 Å². The van der Waals surface area contributed by atoms with Gasteiger partial charge in [-0.15, -0.1) is 0 Å². The first-order valence-corrected chi connectivity index (χ1v) is 9.09. The zero-order valence-electron chi connectivity index (χ0n) is 14.5. The van der Waals surface area contributed by atoms with E-state index in [0.717, 1.165) is 5.69 Å². The van der Waals surface area contributed by atoms with Crippen LogP contribution in [-0.2, 0) is 6.42 Å². The third-order valence-electron chi connectivity index (χ3n) is 5.71. The molecule has 0 bridgehead atoms. The molecule has 4 unspecified atom stereocenters. The van der Waals surface area contributed by atoms with Crippen LogP contribution in [0.4, 0.5) is 8.78 Å². The van der Waals surface area contributed by atoms with Crippen LogP contribution in [0.15, 0.2) is 12.3 Å². The molecule has 2 fully saturated rings. The predicted molar refractivity (Wildman–Crippen MR) is 89.3 cm³/mol. The number of aromatic nitrogens is 2. The Morgan fingerprint density at radius 2 is 2.00 bits per heavy atom. The van der Waals surface area contributed by atoms with Gasteiger partial charge in [-0.1, -0.05) is 0 Å². The minimum absolute atomic E-state index is 0.000793. The molecule has 25 heavy (non-hydrogen) atoms. The number of alkyl halides is 2. The lowest BCUT2D eigenvalue weighted by atomic mass is 9.87. The van der Waals surface area contributed by atoms with Crippen molar-refractivity contribution in [2.75, 3.05) is 6.61 Å². The monoisotopic (exact) mass is 355 g/mol. The summed E-state index contributed by atoms with van der Waals surface area (Å²) in [6.07, 6.45) is 3.02. The minimum atomic E-state index is -2.54. The Morgan fingerprint density at radius 1 is 1.28 bits per heavy atom. The summed E-state index contributed by atoms with van der Waals surface area (Å²) in [4.78, 5) is 8.53. The molecule has 0 spiro atoms. The van der Waals surface area contributed by atoms with Crippen LogP contribution >= 0.6 is 0 Å². The number of nitrogens with one attached hydrogen (secondary N) is 1. The van der Waals surface area contributed by atoms with Crippen molar-refractivity contribution in [3.63, 3.8) is 0 Å². The first-order valence-electron chi connectivity index (χ1n) is 9.09. The highest BCUT2D eigenvalue weighted by Gasteiger charge is 2.44. The van der Waals surface area contributed by atoms with Crippen molar-refractivity contribution in [1.82, 2.24) is 15.3 Å². The second-order valence-electron chi connectivity index (χ2n) is 7.52. The van der Waals surface area contributed by atoms with Crippen LogP contribution in [0.2, 0.25) is 0 Å². The molecule has 3 N–H and O–H groups in total. The second-order valence-corrected chi connectivity index (χ2v) is 7.52. The standard InChI is InChI=1S/C18H27F2N3O2/c1-11-21-7-4-13(22-11)8-14-15(10-24)17(25)9-16(14)23-12-2-5-18(19,20)6-3-12/h4,7,12,14-17,23-25H,2-3,5-6,8-10H2,1H3. The molecule has 0 aliphatic heterocycles. The van der Waals surface area contributed by atoms with Gasteiger partial charge in [0.05, 0.1) is 6.10 Å². The number of aryl methyl sites for hydroxylation is 1. The summed E-state index contributed by atoms with van der Waals surface area (Å²) in [6.45, 7) is 1.74. The molecule has 0 saturated heterocycles. The average Bonchev–Trinajstić information content (AvgIpc) is 2.84. The number of hydrogen-bond acceptors (Lipinski definition) is 5. The van der Waals surface area contributed by atoms with Crippen molar-refractivity contribution in [3.05, 3.63) is 23.8 Å². The molecule has 140 valence electrons. The van der Waals surface area contributed by atoms with Gasteiger partial charge in [0, 0.05) is 49.3 Å². The van der Waals surface area contributed by atoms with E-state index in [0.29, 0.717) is 31.5 Å². The summed E-state index contributed by atoms with van der Waals surface area (Å²) < 4.78 is 26.7. The zero-order valence-corrected chi connectivity index (χ0v) is 14.5. The third kappa shape index (κ3) is 4.51. The van der Waals surface area contributed by atoms with Crippen LogP contribution in [0.3, 0.4) is 0 Å². The van der Waals surface area contributed by atoms with E-state index in [9.17, 15) is 19.0 Å². The summed E-state index contributed by atoms with van der Waals surface area (Å²) in [5, 5.41) is 23.5. The number of rotatable bonds is 5. The summed E-state index contributed by atoms with van der Waals surface area (Å²) in [7, 11) is 0. The molecule has 2 aliphatic carbocycles. The SMILES string of the molecule is Cc1nccc(CC2C(NC3CCC(F)(F)CC3)CC(O)C2CO)n1. The molecule has 1 aromatic heterocycles. The van der Waals surface area contributed by atoms with E-state index in [2.05, 4.69) is 15.3 Å². The van der Waals surface area contributed by atoms with Gasteiger partial charge in [-0.3, -0.25) is 0 Å². The van der Waals surface area contributed by atoms with Crippen molar-refractivity contribution in [2.45, 2.75) is 69.6 Å². The normalized spacial score (nSPS) is 32.8. The van der Waals surface area contributed by atoms with Crippen LogP contribution in [0.5, 0.6) is 0 Å². The van der Waals surface area contributed by atoms with Crippen molar-refractivity contribution in [3.8, 4) is 0 Å². The fourth-order valence-corrected chi connectivity index (χ4v) is 4.31. The Hall–Kier alpha value is -1.18. The summed E-state index contributed by atoms with van der Waals surface area (Å²) in [5.74, 6) is -2.05. The van der Waals surface area contributed by atoms with E-state index in [4.69, 9.17) is 0 Å². The van der Waals surface area contributed by atoms with Gasteiger partial charge in [-0.2, -0.15) is 0 Å². The van der Waals surface area contributed by atoms with Gasteiger partial charge in [0.25, 0.3) is 0 Å². The Balaban J connectivity index is 1.68. The van der Waals surface area contributed by atoms with E-state index in [1.807, 2.05) is 13.0 Å². The molecule has 0 aromatic carbocycles. The van der Waals surface area contributed by atoms with Crippen LogP contribution < -0.4 is 5.32 Å². The van der Waals surface area contributed by atoms with Gasteiger partial charge in [-0.25, -0.2) is 18.7 Å². The highest BCUT2D eigenvalue weighted by molar-refractivity contribution is 5.07. The molecule has 0 radical (unpaired) electrons. The molecule has 1 heterocycles. The lowest BCUT2D eigenvalue weighted by molar-refractivity contribution is -0.0417. The number of aliphatic hydroxyl groups excluding tert-OH is 2. The van der Waals surface area contributed by atoms with Gasteiger partial charge in [0.1, 0.15) is 5.82 Å². The van der Waals surface area contributed by atoms with Gasteiger partial charge in [0.15, 0.2) is 0 Å². The third-order valence-corrected chi connectivity index (χ3v) is 5.71. The molecule has 2 aliphatic rings. The Kier molecular flexibility index (Phi) is 5.65. The maximum Gasteiger partial charge on any atom is 0.248 e. The second kappa shape index (κ2) is 7.60. The maximum atomic E-state index is 13.4. The van der Waals surface area contributed by atoms with Crippen molar-refractivity contribution in [1.29, 1.82) is 0 Å². The Labute approximate surface area is 146 Å². The first-order chi connectivity index (χ1) is 11.9. The van der Waals surface area contributed by atoms with E-state index in [-0.39, 0.29) is 43.4 Å². The molecular weight excluding hydrogens is 328 g/mol. The van der Waals surface area contributed by atoms with Crippen LogP contribution in [0.25, 0.3) is 0 Å². The number of nitrogens with zero attached hydrogens (tertiary/aromatic N) is 2. The average molecular weight is 355 g/mol. The van der Waals surface area contributed by atoms with E-state index < -0.39 is 12.0 Å². The van der Waals surface area contributed by atoms with Crippen LogP contribution in [-0.4, -0.2) is 50.9 Å². The zero-order chi connectivity index (χ0) is 18.0. The van der Waals surface area contributed by atoms with E-state index >= 15 is 0 Å². The minimum Gasteiger partial charge on any atom is -0.396 e. The molecule has 4 atom stereocenters. The largest absolute Gasteiger partial charge is 0.396 e. The highest BCUT2D eigenvalue weighted by atomic mass is 19.3. The van der Waals surface area contributed by atoms with Crippen molar-refractivity contribution < 1.29 is 19.0 Å². The summed E-state index contributed by atoms with van der Waals surface area (Å²) in [6, 6.07) is 1.90. The van der Waals surface area contributed by atoms with Gasteiger partial charge in [0.2, 0.25) is 5.92 Å². The summed E-state index contributed by atoms with van der Waals surface area (Å²) >= 11 is 0. The number of halogens is 2. The Morgan fingerprint density at radius 3 is 2.64 bits per heavy atom. The van der Waals surface area contributed by atoms with Gasteiger partial charge in [-0.05, 0) is 44.6 Å². The topological polar surface area (TPSA) is 78.3 Å². The van der Waals surface area contributed by atoms with E-state index in [1.165, 1.54) is 0 Å². The van der Waals surface area contributed by atoms with Crippen molar-refractivity contribution >= 4 is 0 Å². The highest BCUT2D eigenvalue weighted by Crippen LogP contribution is 2.37. The first kappa shape index (κ1) is 18.6. The van der Waals surface area contributed by atoms with Crippen LogP contribution in [0, 0.1) is 18.8 Å². The molecule has 2 saturated carbocycles. The number of aliphatic hydroxyl groups is 2. The lowest BCUT2D eigenvalue weighted by Crippen LogP contribution is -2.45. The predicted octanol–water partition coefficient (Wildman–Crippen LogP) is 1.85. The molecular formula is C18H27F2N3O2. The fourth-order valence-electron chi connectivity index (χ4n) is 4.31. The molecule has 0 amide bonds.